The number of sulfonamides is 1. The second-order valence-corrected chi connectivity index (χ2v) is 7.82. The number of hydrogen-bond acceptors (Lipinski definition) is 6. The monoisotopic (exact) mass is 415 g/mol. The number of hydrazine groups is 1. The summed E-state index contributed by atoms with van der Waals surface area (Å²) in [6, 6.07) is 14.5. The van der Waals surface area contributed by atoms with Gasteiger partial charge in [-0.1, -0.05) is 17.7 Å². The molecule has 29 heavy (non-hydrogen) atoms. The van der Waals surface area contributed by atoms with Crippen molar-refractivity contribution in [1.29, 1.82) is 5.26 Å². The summed E-state index contributed by atoms with van der Waals surface area (Å²) in [7, 11) is -3.75. The predicted molar refractivity (Wildman–Crippen MR) is 107 cm³/mol. The molecule has 152 valence electrons. The summed E-state index contributed by atoms with van der Waals surface area (Å²) < 4.78 is 26.3. The van der Waals surface area contributed by atoms with E-state index in [1.807, 2.05) is 37.3 Å². The zero-order valence-electron chi connectivity index (χ0n) is 15.7. The number of aryl methyl sites for hydroxylation is 1. The van der Waals surface area contributed by atoms with Crippen LogP contribution >= 0.6 is 0 Å². The van der Waals surface area contributed by atoms with E-state index < -0.39 is 21.8 Å². The van der Waals surface area contributed by atoms with Gasteiger partial charge in [0.05, 0.1) is 17.5 Å². The van der Waals surface area contributed by atoms with Crippen LogP contribution in [0.4, 0.5) is 5.69 Å². The molecule has 0 aliphatic carbocycles. The number of benzene rings is 2. The summed E-state index contributed by atoms with van der Waals surface area (Å²) in [4.78, 5) is 23.9. The van der Waals surface area contributed by atoms with E-state index in [9.17, 15) is 18.0 Å². The lowest BCUT2D eigenvalue weighted by Crippen LogP contribution is -2.44. The predicted octanol–water partition coefficient (Wildman–Crippen LogP) is 1.06. The van der Waals surface area contributed by atoms with Gasteiger partial charge in [0.15, 0.2) is 0 Å². The van der Waals surface area contributed by atoms with E-state index in [1.54, 1.807) is 0 Å². The molecule has 0 saturated heterocycles. The number of anilines is 1. The number of nitriles is 1. The summed E-state index contributed by atoms with van der Waals surface area (Å²) in [6.07, 6.45) is 0.0538. The Balaban J connectivity index is 1.83. The second-order valence-electron chi connectivity index (χ2n) is 6.05. The third-order valence-corrected chi connectivity index (χ3v) is 5.25. The maximum absolute atomic E-state index is 12.1. The molecule has 0 fully saturated rings. The molecular weight excluding hydrogens is 394 g/mol. The molecular formula is C19H21N5O4S. The largest absolute Gasteiger partial charge is 0.376 e. The van der Waals surface area contributed by atoms with E-state index in [-0.39, 0.29) is 30.0 Å². The molecule has 4 N–H and O–H groups in total. The minimum Gasteiger partial charge on any atom is -0.376 e. The number of amides is 2. The molecule has 0 heterocycles. The normalized spacial score (nSPS) is 10.6. The van der Waals surface area contributed by atoms with Crippen LogP contribution in [0, 0.1) is 18.3 Å². The zero-order valence-corrected chi connectivity index (χ0v) is 16.5. The van der Waals surface area contributed by atoms with Gasteiger partial charge in [0.1, 0.15) is 0 Å². The summed E-state index contributed by atoms with van der Waals surface area (Å²) in [6.45, 7) is 1.93. The molecule has 2 rings (SSSR count). The van der Waals surface area contributed by atoms with Crippen molar-refractivity contribution in [3.8, 4) is 6.07 Å². The van der Waals surface area contributed by atoms with Crippen LogP contribution in [0.25, 0.3) is 0 Å². The number of nitrogens with zero attached hydrogens (tertiary/aromatic N) is 1. The molecule has 2 amide bonds. The van der Waals surface area contributed by atoms with Crippen molar-refractivity contribution in [3.05, 3.63) is 59.7 Å². The van der Waals surface area contributed by atoms with Gasteiger partial charge >= 0.3 is 0 Å². The van der Waals surface area contributed by atoms with E-state index in [4.69, 9.17) is 5.26 Å². The van der Waals surface area contributed by atoms with Crippen LogP contribution in [-0.2, 0) is 14.8 Å². The Bertz CT molecular complexity index is 996. The summed E-state index contributed by atoms with van der Waals surface area (Å²) in [5.74, 6) is -1.03. The Morgan fingerprint density at radius 2 is 1.66 bits per heavy atom. The maximum Gasteiger partial charge on any atom is 0.269 e. The van der Waals surface area contributed by atoms with Crippen LogP contribution in [0.5, 0.6) is 0 Å². The van der Waals surface area contributed by atoms with E-state index in [2.05, 4.69) is 20.9 Å². The van der Waals surface area contributed by atoms with Gasteiger partial charge < -0.3 is 5.32 Å². The second kappa shape index (κ2) is 10.2. The Morgan fingerprint density at radius 3 is 2.28 bits per heavy atom. The van der Waals surface area contributed by atoms with Crippen LogP contribution in [0.2, 0.25) is 0 Å². The maximum atomic E-state index is 12.1. The van der Waals surface area contributed by atoms with Gasteiger partial charge in [-0.05, 0) is 43.3 Å². The lowest BCUT2D eigenvalue weighted by Gasteiger charge is -2.10. The number of nitrogens with one attached hydrogen (secondary N) is 4. The first-order valence-corrected chi connectivity index (χ1v) is 10.2. The average Bonchev–Trinajstić information content (AvgIpc) is 2.71. The van der Waals surface area contributed by atoms with Crippen molar-refractivity contribution in [1.82, 2.24) is 15.6 Å². The molecule has 0 unspecified atom stereocenters. The summed E-state index contributed by atoms with van der Waals surface area (Å²) in [5.41, 5.74) is 6.59. The smallest absolute Gasteiger partial charge is 0.269 e. The van der Waals surface area contributed by atoms with E-state index in [0.29, 0.717) is 0 Å². The number of carbonyl (C=O) groups is 2. The Labute approximate surface area is 169 Å². The van der Waals surface area contributed by atoms with Crippen molar-refractivity contribution < 1.29 is 18.0 Å². The van der Waals surface area contributed by atoms with Gasteiger partial charge in [-0.3, -0.25) is 20.4 Å². The van der Waals surface area contributed by atoms with E-state index in [1.165, 1.54) is 24.3 Å². The van der Waals surface area contributed by atoms with Crippen LogP contribution in [-0.4, -0.2) is 33.3 Å². The number of rotatable bonds is 8. The fraction of sp³-hybridized carbons (Fsp3) is 0.211. The van der Waals surface area contributed by atoms with Crippen molar-refractivity contribution in [2.75, 3.05) is 18.4 Å². The summed E-state index contributed by atoms with van der Waals surface area (Å²) in [5, 5.41) is 11.4. The lowest BCUT2D eigenvalue weighted by atomic mass is 10.2. The van der Waals surface area contributed by atoms with Gasteiger partial charge in [0.25, 0.3) is 11.8 Å². The molecule has 0 aliphatic rings. The first-order valence-electron chi connectivity index (χ1n) is 8.68. The first kappa shape index (κ1) is 21.9. The third kappa shape index (κ3) is 6.91. The van der Waals surface area contributed by atoms with Crippen molar-refractivity contribution in [3.63, 3.8) is 0 Å². The Hall–Kier alpha value is -3.42. The first-order chi connectivity index (χ1) is 13.8. The van der Waals surface area contributed by atoms with Crippen LogP contribution in [0.3, 0.4) is 0 Å². The molecule has 0 aromatic heterocycles. The lowest BCUT2D eigenvalue weighted by molar-refractivity contribution is -0.120. The zero-order chi connectivity index (χ0) is 21.3. The average molecular weight is 415 g/mol. The minimum atomic E-state index is -3.75. The standard InChI is InChI=1S/C19H21N5O4S/c1-14-3-7-16(8-4-14)21-13-18(25)23-24-19(26)15-5-9-17(10-6-15)29(27,28)22-12-2-11-20/h3-10,21-22H,2,12-13H2,1H3,(H,23,25)(H,24,26). The van der Waals surface area contributed by atoms with Crippen molar-refractivity contribution in [2.45, 2.75) is 18.2 Å². The fourth-order valence-corrected chi connectivity index (χ4v) is 3.24. The molecule has 0 aliphatic heterocycles. The van der Waals surface area contributed by atoms with Crippen molar-refractivity contribution >= 4 is 27.5 Å². The molecule has 2 aromatic rings. The highest BCUT2D eigenvalue weighted by Crippen LogP contribution is 2.10. The quantitative estimate of drug-likeness (QED) is 0.375. The molecule has 0 radical (unpaired) electrons. The molecule has 9 nitrogen and oxygen atoms in total. The Kier molecular flexibility index (Phi) is 7.70. The topological polar surface area (TPSA) is 140 Å². The van der Waals surface area contributed by atoms with Gasteiger partial charge in [-0.15, -0.1) is 0 Å². The SMILES string of the molecule is Cc1ccc(NCC(=O)NNC(=O)c2ccc(S(=O)(=O)NCCC#N)cc2)cc1. The molecule has 0 atom stereocenters. The fourth-order valence-electron chi connectivity index (χ4n) is 2.21. The molecule has 2 aromatic carbocycles. The molecule has 0 bridgehead atoms. The highest BCUT2D eigenvalue weighted by molar-refractivity contribution is 7.89. The highest BCUT2D eigenvalue weighted by Gasteiger charge is 2.14. The van der Waals surface area contributed by atoms with E-state index in [0.717, 1.165) is 11.3 Å². The van der Waals surface area contributed by atoms with Crippen LogP contribution < -0.4 is 20.9 Å². The minimum absolute atomic E-state index is 0.00370. The molecule has 0 spiro atoms. The van der Waals surface area contributed by atoms with Crippen LogP contribution in [0.1, 0.15) is 22.3 Å². The summed E-state index contributed by atoms with van der Waals surface area (Å²) >= 11 is 0. The molecule has 10 heteroatoms. The van der Waals surface area contributed by atoms with Gasteiger partial charge in [0, 0.05) is 24.2 Å². The molecule has 0 saturated carbocycles. The number of hydrogen-bond donors (Lipinski definition) is 4. The van der Waals surface area contributed by atoms with Gasteiger partial charge in [0.2, 0.25) is 10.0 Å². The highest BCUT2D eigenvalue weighted by atomic mass is 32.2. The van der Waals surface area contributed by atoms with Gasteiger partial charge in [-0.2, -0.15) is 5.26 Å². The van der Waals surface area contributed by atoms with E-state index >= 15 is 0 Å². The van der Waals surface area contributed by atoms with Crippen LogP contribution in [0.15, 0.2) is 53.4 Å². The van der Waals surface area contributed by atoms with Crippen molar-refractivity contribution in [2.24, 2.45) is 0 Å². The van der Waals surface area contributed by atoms with Gasteiger partial charge in [-0.25, -0.2) is 13.1 Å². The third-order valence-electron chi connectivity index (χ3n) is 3.78. The number of carbonyl (C=O) groups excluding carboxylic acids is 2. The Morgan fingerprint density at radius 1 is 1.00 bits per heavy atom.